The Balaban J connectivity index is 0.000000170. The fourth-order valence-corrected chi connectivity index (χ4v) is 22.7. The van der Waals surface area contributed by atoms with Crippen LogP contribution in [0.4, 0.5) is 4.39 Å². The van der Waals surface area contributed by atoms with Crippen LogP contribution >= 0.6 is 0 Å². The van der Waals surface area contributed by atoms with E-state index in [9.17, 15) is 28.4 Å². The molecule has 0 radical (unpaired) electrons. The zero-order valence-corrected chi connectivity index (χ0v) is 82.8. The van der Waals surface area contributed by atoms with Crippen LogP contribution in [0.2, 0.25) is 0 Å². The Labute approximate surface area is 795 Å². The summed E-state index contributed by atoms with van der Waals surface area (Å²) in [5.74, 6) is 7.26. The molecule has 0 bridgehead atoms. The van der Waals surface area contributed by atoms with E-state index in [-0.39, 0.29) is 63.8 Å². The molecule has 0 heterocycles. The molecule has 10 nitrogen and oxygen atoms in total. The topological polar surface area (TPSA) is 132 Å². The number of unbranched alkanes of at least 4 members (excludes halogenated alkanes) is 15. The van der Waals surface area contributed by atoms with Crippen molar-refractivity contribution in [1.82, 2.24) is 0 Å². The van der Waals surface area contributed by atoms with E-state index < -0.39 is 0 Å². The van der Waals surface area contributed by atoms with Gasteiger partial charge in [0.1, 0.15) is 12.4 Å². The van der Waals surface area contributed by atoms with Crippen molar-refractivity contribution < 1.29 is 52.0 Å². The van der Waals surface area contributed by atoms with Crippen LogP contribution in [0.5, 0.6) is 0 Å². The van der Waals surface area contributed by atoms with Crippen molar-refractivity contribution in [3.8, 4) is 0 Å². The Morgan fingerprint density at radius 1 is 0.303 bits per heavy atom. The number of hydrogen-bond acceptors (Lipinski definition) is 10. The van der Waals surface area contributed by atoms with Crippen LogP contribution in [-0.4, -0.2) is 62.9 Å². The quantitative estimate of drug-likeness (QED) is 0.0187. The number of carbonyl (C=O) groups excluding carboxylic acids is 5. The summed E-state index contributed by atoms with van der Waals surface area (Å²) in [5, 5.41) is 0. The molecule has 0 aromatic heterocycles. The highest BCUT2D eigenvalue weighted by Gasteiger charge is 2.53. The molecule has 4 saturated carbocycles. The fraction of sp³-hybridized carbons (Fsp3) is 0.529. The molecule has 3 aromatic rings. The molecule has 0 amide bonds. The zero-order valence-electron chi connectivity index (χ0n) is 82.8. The second kappa shape index (κ2) is 52.4. The predicted octanol–water partition coefficient (Wildman–Crippen LogP) is 29.9. The van der Waals surface area contributed by atoms with E-state index in [2.05, 4.69) is 305 Å². The van der Waals surface area contributed by atoms with Crippen molar-refractivity contribution in [3.05, 3.63) is 312 Å². The molecule has 132 heavy (non-hydrogen) atoms. The van der Waals surface area contributed by atoms with Gasteiger partial charge in [0.15, 0.2) is 0 Å². The molecule has 18 unspecified atom stereocenters. The Bertz CT molecular complexity index is 4520. The maximum Gasteiger partial charge on any atom is 0.302 e. The third-order valence-corrected chi connectivity index (χ3v) is 29.8. The summed E-state index contributed by atoms with van der Waals surface area (Å²) in [4.78, 5) is 55.5. The lowest BCUT2D eigenvalue weighted by atomic mass is 9.71. The lowest BCUT2D eigenvalue weighted by Gasteiger charge is -2.31. The number of hydrogen-bond donors (Lipinski definition) is 0. The van der Waals surface area contributed by atoms with Gasteiger partial charge in [-0.15, -0.1) is 0 Å². The van der Waals surface area contributed by atoms with E-state index in [1.165, 1.54) is 213 Å². The smallest absolute Gasteiger partial charge is 0.302 e. The first-order valence-corrected chi connectivity index (χ1v) is 50.8. The first-order chi connectivity index (χ1) is 63.6. The SMILES string of the molecule is C=CCOC(C)=O.CC(=O)OCC1C2C=C(C(C)(C)C)C=CC2C2C=CC(C(C)(C)C)=CC21.CC(=O)OCC1C2C=CC=CC2C2C=CC(F)=CC21.CC(c1ccccc1)(c1ccccc1)c1ccccc1.CCCCCCCCC1=CC2C(C=C1)C1C=CC(CCCCCCCC)=CC1C2COC(C)=O.CCCCCCCCC1=CC2C(C=C1)C1C=CC=CC1C2COC(C)=O. The molecule has 12 aliphatic rings. The molecule has 0 saturated heterocycles. The number of halogens is 1. The minimum absolute atomic E-state index is 0.117. The highest BCUT2D eigenvalue weighted by Crippen LogP contribution is 2.58. The molecular formula is C121H161FO10. The Morgan fingerprint density at radius 3 is 0.833 bits per heavy atom. The normalized spacial score (nSPS) is 27.4. The van der Waals surface area contributed by atoms with Crippen molar-refractivity contribution in [3.63, 3.8) is 0 Å². The van der Waals surface area contributed by atoms with Crippen molar-refractivity contribution >= 4 is 29.8 Å². The summed E-state index contributed by atoms with van der Waals surface area (Å²) in [6.07, 6.45) is 88.5. The molecule has 0 spiro atoms. The van der Waals surface area contributed by atoms with Gasteiger partial charge in [-0.25, -0.2) is 4.39 Å². The van der Waals surface area contributed by atoms with Gasteiger partial charge in [0.05, 0.1) is 26.4 Å². The molecule has 18 atom stereocenters. The average molecular weight is 1790 g/mol. The van der Waals surface area contributed by atoms with Crippen LogP contribution in [0.1, 0.15) is 255 Å². The van der Waals surface area contributed by atoms with Gasteiger partial charge in [-0.3, -0.25) is 24.0 Å². The lowest BCUT2D eigenvalue weighted by molar-refractivity contribution is -0.143. The molecule has 712 valence electrons. The van der Waals surface area contributed by atoms with Crippen molar-refractivity contribution in [1.29, 1.82) is 0 Å². The van der Waals surface area contributed by atoms with Crippen molar-refractivity contribution in [2.24, 2.45) is 129 Å². The number of benzene rings is 3. The maximum absolute atomic E-state index is 13.5. The highest BCUT2D eigenvalue weighted by molar-refractivity contribution is 5.67. The maximum atomic E-state index is 13.5. The van der Waals surface area contributed by atoms with E-state index in [4.69, 9.17) is 18.9 Å². The van der Waals surface area contributed by atoms with Crippen LogP contribution < -0.4 is 0 Å². The second-order valence-corrected chi connectivity index (χ2v) is 41.2. The van der Waals surface area contributed by atoms with Crippen molar-refractivity contribution in [2.45, 2.75) is 244 Å². The molecule has 4 fully saturated rings. The molecule has 11 heteroatoms. The third kappa shape index (κ3) is 29.8. The van der Waals surface area contributed by atoms with Gasteiger partial charge in [-0.1, -0.05) is 425 Å². The second-order valence-electron chi connectivity index (χ2n) is 41.2. The van der Waals surface area contributed by atoms with Gasteiger partial charge in [0, 0.05) is 63.7 Å². The van der Waals surface area contributed by atoms with Gasteiger partial charge in [0.2, 0.25) is 0 Å². The summed E-state index contributed by atoms with van der Waals surface area (Å²) in [6.45, 7) is 35.7. The third-order valence-electron chi connectivity index (χ3n) is 29.8. The van der Waals surface area contributed by atoms with Gasteiger partial charge in [0.25, 0.3) is 0 Å². The number of rotatable bonds is 34. The van der Waals surface area contributed by atoms with E-state index in [1.54, 1.807) is 19.1 Å². The number of allylic oxidation sites excluding steroid dienone is 32. The number of esters is 5. The van der Waals surface area contributed by atoms with Crippen LogP contribution in [0.3, 0.4) is 0 Å². The predicted molar refractivity (Wildman–Crippen MR) is 542 cm³/mol. The van der Waals surface area contributed by atoms with E-state index in [0.29, 0.717) is 140 Å². The largest absolute Gasteiger partial charge is 0.466 e. The van der Waals surface area contributed by atoms with Gasteiger partial charge >= 0.3 is 29.8 Å². The van der Waals surface area contributed by atoms with Crippen LogP contribution in [-0.2, 0) is 53.1 Å². The van der Waals surface area contributed by atoms with Gasteiger partial charge in [-0.05, 0) is 191 Å². The van der Waals surface area contributed by atoms with E-state index in [1.807, 2.05) is 12.2 Å². The van der Waals surface area contributed by atoms with Crippen LogP contribution in [0.25, 0.3) is 0 Å². The summed E-state index contributed by atoms with van der Waals surface area (Å²) in [5.41, 5.74) is 11.4. The summed E-state index contributed by atoms with van der Waals surface area (Å²) >= 11 is 0. The minimum Gasteiger partial charge on any atom is -0.466 e. The molecule has 3 aromatic carbocycles. The summed E-state index contributed by atoms with van der Waals surface area (Å²) < 4.78 is 39.7. The first kappa shape index (κ1) is 105. The number of fused-ring (bicyclic) bond motifs is 12. The average Bonchev–Trinajstić information content (AvgIpc) is 1.54. The Morgan fingerprint density at radius 2 is 0.553 bits per heavy atom. The molecule has 15 rings (SSSR count). The van der Waals surface area contributed by atoms with Crippen LogP contribution in [0.15, 0.2) is 295 Å². The number of carbonyl (C=O) groups is 5. The standard InChI is InChI=1S/C32H50O2.2C24H34O2.C20H18.C16H17FO2.C5H8O2/c1-4-6-8-10-12-14-16-26-18-20-28-29-21-19-27(17-15-13-11-9-7-5-2)23-31(29)32(30(28)22-26)24-34-25(3)33;1-15(25)26-14-22-20-12-16(23(2,3)4)8-10-18(20)19-11-9-17(13-21(19)22)24(5,6)7;1-3-4-5-6-7-8-11-19-14-15-22-20-12-9-10-13-21(20)24(23(22)16-19)17-26-18(2)25;1-20(17-11-5-2-6-12-17,18-13-7-3-8-14-18)19-15-9-4-10-16-19;1-10(18)19-9-16-13-5-3-2-4-12(13)14-7-6-11(17)8-15(14)16;1-3-4-7-5(2)6/h18-23,28-32H,4-17,24H2,1-3H3;8-13,18-22H,14H2,1-7H3;9-10,12-16,20-24H,3-8,11,17H2,1-2H3;2-16H,1H3;2-8,12-16H,9H2,1H3;3H,1,4H2,2H3. The fourth-order valence-electron chi connectivity index (χ4n) is 22.7. The Kier molecular flexibility index (Phi) is 41.5. The molecular weight excluding hydrogens is 1630 g/mol. The first-order valence-electron chi connectivity index (χ1n) is 50.8. The van der Waals surface area contributed by atoms with Crippen LogP contribution in [0, 0.1) is 129 Å². The highest BCUT2D eigenvalue weighted by atomic mass is 19.1. The van der Waals surface area contributed by atoms with E-state index in [0.717, 1.165) is 0 Å². The van der Waals surface area contributed by atoms with Gasteiger partial charge < -0.3 is 23.7 Å². The van der Waals surface area contributed by atoms with E-state index >= 15 is 0 Å². The minimum atomic E-state index is -0.272. The molecule has 0 N–H and O–H groups in total. The lowest BCUT2D eigenvalue weighted by Crippen LogP contribution is -2.25. The number of ether oxygens (including phenoxy) is 5. The summed E-state index contributed by atoms with van der Waals surface area (Å²) in [6, 6.07) is 32.1. The molecule has 12 aliphatic carbocycles. The molecule has 0 aliphatic heterocycles. The van der Waals surface area contributed by atoms with Crippen molar-refractivity contribution in [2.75, 3.05) is 33.0 Å². The zero-order chi connectivity index (χ0) is 94.7. The summed E-state index contributed by atoms with van der Waals surface area (Å²) in [7, 11) is 0. The Hall–Kier alpha value is -9.48. The monoisotopic (exact) mass is 1790 g/mol. The van der Waals surface area contributed by atoms with Gasteiger partial charge in [-0.2, -0.15) is 0 Å².